The topological polar surface area (TPSA) is 66.6 Å². The van der Waals surface area contributed by atoms with Gasteiger partial charge in [0.2, 0.25) is 5.89 Å². The van der Waals surface area contributed by atoms with Gasteiger partial charge in [-0.3, -0.25) is 9.69 Å². The Morgan fingerprint density at radius 3 is 2.65 bits per heavy atom. The maximum Gasteiger partial charge on any atom is 0.320 e. The first-order chi connectivity index (χ1) is 11.0. The zero-order chi connectivity index (χ0) is 16.6. The van der Waals surface area contributed by atoms with Crippen molar-refractivity contribution in [1.29, 1.82) is 0 Å². The molecular formula is C17H19ClN2O3. The summed E-state index contributed by atoms with van der Waals surface area (Å²) in [6.07, 6.45) is 2.06. The molecule has 1 heterocycles. The number of oxazole rings is 1. The van der Waals surface area contributed by atoms with E-state index >= 15 is 0 Å². The van der Waals surface area contributed by atoms with Crippen molar-refractivity contribution in [2.45, 2.75) is 45.3 Å². The highest BCUT2D eigenvalue weighted by Gasteiger charge is 2.36. The Morgan fingerprint density at radius 2 is 2.09 bits per heavy atom. The van der Waals surface area contributed by atoms with Gasteiger partial charge in [0.15, 0.2) is 5.76 Å². The third kappa shape index (κ3) is 3.57. The fraction of sp³-hybridized carbons (Fsp3) is 0.412. The molecule has 6 heteroatoms. The quantitative estimate of drug-likeness (QED) is 0.871. The molecule has 1 fully saturated rings. The smallest absolute Gasteiger partial charge is 0.320 e. The van der Waals surface area contributed by atoms with E-state index in [2.05, 4.69) is 4.98 Å². The molecule has 1 aliphatic carbocycles. The van der Waals surface area contributed by atoms with Gasteiger partial charge in [0.25, 0.3) is 0 Å². The van der Waals surface area contributed by atoms with Gasteiger partial charge in [-0.05, 0) is 51.0 Å². The number of aliphatic carboxylic acids is 1. The largest absolute Gasteiger partial charge is 0.480 e. The van der Waals surface area contributed by atoms with Gasteiger partial charge < -0.3 is 9.52 Å². The van der Waals surface area contributed by atoms with Gasteiger partial charge in [-0.15, -0.1) is 0 Å². The number of aryl methyl sites for hydroxylation is 1. The van der Waals surface area contributed by atoms with E-state index in [-0.39, 0.29) is 0 Å². The van der Waals surface area contributed by atoms with Crippen LogP contribution in [0.2, 0.25) is 5.02 Å². The van der Waals surface area contributed by atoms with Gasteiger partial charge in [-0.1, -0.05) is 11.6 Å². The molecule has 1 saturated carbocycles. The first-order valence-electron chi connectivity index (χ1n) is 7.66. The molecule has 0 radical (unpaired) electrons. The minimum absolute atomic E-state index is 0.312. The predicted molar refractivity (Wildman–Crippen MR) is 87.3 cm³/mol. The van der Waals surface area contributed by atoms with E-state index in [0.717, 1.165) is 24.1 Å². The monoisotopic (exact) mass is 334 g/mol. The number of carboxylic acids is 1. The van der Waals surface area contributed by atoms with Crippen LogP contribution in [0, 0.1) is 6.92 Å². The number of halogens is 1. The minimum Gasteiger partial charge on any atom is -0.480 e. The lowest BCUT2D eigenvalue weighted by molar-refractivity contribution is -0.143. The van der Waals surface area contributed by atoms with Crippen LogP contribution in [0.15, 0.2) is 28.7 Å². The van der Waals surface area contributed by atoms with Crippen LogP contribution in [-0.2, 0) is 11.3 Å². The van der Waals surface area contributed by atoms with Gasteiger partial charge in [0.1, 0.15) is 6.04 Å². The van der Waals surface area contributed by atoms with Crippen LogP contribution in [0.5, 0.6) is 0 Å². The Hall–Kier alpha value is -1.85. The lowest BCUT2D eigenvalue weighted by Crippen LogP contribution is -2.40. The zero-order valence-corrected chi connectivity index (χ0v) is 13.9. The number of nitrogens with zero attached hydrogens (tertiary/aromatic N) is 2. The molecule has 0 bridgehead atoms. The minimum atomic E-state index is -0.821. The summed E-state index contributed by atoms with van der Waals surface area (Å²) in [5.41, 5.74) is 1.70. The van der Waals surface area contributed by atoms with Gasteiger partial charge in [-0.25, -0.2) is 4.98 Å². The van der Waals surface area contributed by atoms with Crippen molar-refractivity contribution in [2.24, 2.45) is 0 Å². The standard InChI is InChI=1S/C17H19ClN2O3/c1-10-16(12-3-5-13(18)6-4-12)23-15(19-10)9-20(14-7-8-14)11(2)17(21)22/h3-6,11,14H,7-9H2,1-2H3,(H,21,22). The second-order valence-corrected chi connectivity index (χ2v) is 6.38. The van der Waals surface area contributed by atoms with Crippen LogP contribution in [0.25, 0.3) is 11.3 Å². The molecule has 2 aromatic rings. The summed E-state index contributed by atoms with van der Waals surface area (Å²) in [6, 6.07) is 7.15. The highest BCUT2D eigenvalue weighted by molar-refractivity contribution is 6.30. The van der Waals surface area contributed by atoms with E-state index in [4.69, 9.17) is 16.0 Å². The van der Waals surface area contributed by atoms with Gasteiger partial charge in [-0.2, -0.15) is 0 Å². The summed E-state index contributed by atoms with van der Waals surface area (Å²) < 4.78 is 5.89. The van der Waals surface area contributed by atoms with Crippen molar-refractivity contribution in [3.63, 3.8) is 0 Å². The number of rotatable bonds is 6. The molecule has 1 aromatic carbocycles. The molecule has 0 saturated heterocycles. The maximum atomic E-state index is 11.3. The fourth-order valence-electron chi connectivity index (χ4n) is 2.68. The first kappa shape index (κ1) is 16.0. The third-order valence-corrected chi connectivity index (χ3v) is 4.39. The third-order valence-electron chi connectivity index (χ3n) is 4.14. The SMILES string of the molecule is Cc1nc(CN(C2CC2)C(C)C(=O)O)oc1-c1ccc(Cl)cc1. The number of hydrogen-bond donors (Lipinski definition) is 1. The highest BCUT2D eigenvalue weighted by atomic mass is 35.5. The molecule has 1 aliphatic rings. The second kappa shape index (κ2) is 6.34. The molecule has 0 amide bonds. The molecule has 1 N–H and O–H groups in total. The van der Waals surface area contributed by atoms with Crippen LogP contribution in [-0.4, -0.2) is 33.0 Å². The van der Waals surface area contributed by atoms with Crippen molar-refractivity contribution in [3.8, 4) is 11.3 Å². The Balaban J connectivity index is 1.82. The zero-order valence-electron chi connectivity index (χ0n) is 13.1. The van der Waals surface area contributed by atoms with Crippen LogP contribution in [0.4, 0.5) is 0 Å². The van der Waals surface area contributed by atoms with E-state index in [0.29, 0.717) is 29.3 Å². The Bertz CT molecular complexity index is 707. The number of hydrogen-bond acceptors (Lipinski definition) is 4. The van der Waals surface area contributed by atoms with Gasteiger partial charge in [0.05, 0.1) is 12.2 Å². The first-order valence-corrected chi connectivity index (χ1v) is 8.04. The van der Waals surface area contributed by atoms with Crippen LogP contribution in [0.3, 0.4) is 0 Å². The van der Waals surface area contributed by atoms with E-state index in [1.54, 1.807) is 6.92 Å². The van der Waals surface area contributed by atoms with Crippen LogP contribution >= 0.6 is 11.6 Å². The van der Waals surface area contributed by atoms with E-state index in [1.165, 1.54) is 0 Å². The van der Waals surface area contributed by atoms with Crippen LogP contribution < -0.4 is 0 Å². The van der Waals surface area contributed by atoms with Crippen molar-refractivity contribution in [3.05, 3.63) is 40.9 Å². The lowest BCUT2D eigenvalue weighted by atomic mass is 10.1. The Kier molecular flexibility index (Phi) is 4.41. The van der Waals surface area contributed by atoms with E-state index < -0.39 is 12.0 Å². The van der Waals surface area contributed by atoms with Crippen molar-refractivity contribution in [2.75, 3.05) is 0 Å². The average Bonchev–Trinajstić information content (AvgIpc) is 3.29. The molecule has 1 aromatic heterocycles. The molecular weight excluding hydrogens is 316 g/mol. The van der Waals surface area contributed by atoms with E-state index in [9.17, 15) is 9.90 Å². The summed E-state index contributed by atoms with van der Waals surface area (Å²) in [6.45, 7) is 4.00. The average molecular weight is 335 g/mol. The summed E-state index contributed by atoms with van der Waals surface area (Å²) >= 11 is 5.91. The lowest BCUT2D eigenvalue weighted by Gasteiger charge is -2.24. The number of carboxylic acid groups (broad SMARTS) is 1. The predicted octanol–water partition coefficient (Wildman–Crippen LogP) is 3.74. The summed E-state index contributed by atoms with van der Waals surface area (Å²) in [5.74, 6) is 0.431. The molecule has 0 spiro atoms. The molecule has 3 rings (SSSR count). The summed E-state index contributed by atoms with van der Waals surface area (Å²) in [4.78, 5) is 17.7. The number of aromatic nitrogens is 1. The molecule has 23 heavy (non-hydrogen) atoms. The molecule has 1 atom stereocenters. The second-order valence-electron chi connectivity index (χ2n) is 5.95. The number of benzene rings is 1. The Labute approximate surface area is 139 Å². The van der Waals surface area contributed by atoms with Gasteiger partial charge >= 0.3 is 5.97 Å². The molecule has 5 nitrogen and oxygen atoms in total. The number of carbonyl (C=O) groups is 1. The molecule has 0 aliphatic heterocycles. The normalized spacial score (nSPS) is 15.8. The molecule has 1 unspecified atom stereocenters. The maximum absolute atomic E-state index is 11.3. The summed E-state index contributed by atoms with van der Waals surface area (Å²) in [7, 11) is 0. The molecule has 122 valence electrons. The highest BCUT2D eigenvalue weighted by Crippen LogP contribution is 2.32. The Morgan fingerprint density at radius 1 is 1.43 bits per heavy atom. The summed E-state index contributed by atoms with van der Waals surface area (Å²) in [5, 5.41) is 9.93. The van der Waals surface area contributed by atoms with Crippen molar-refractivity contribution < 1.29 is 14.3 Å². The van der Waals surface area contributed by atoms with Crippen molar-refractivity contribution in [1.82, 2.24) is 9.88 Å². The van der Waals surface area contributed by atoms with Gasteiger partial charge in [0, 0.05) is 16.6 Å². The fourth-order valence-corrected chi connectivity index (χ4v) is 2.80. The van der Waals surface area contributed by atoms with Crippen LogP contribution in [0.1, 0.15) is 31.4 Å². The van der Waals surface area contributed by atoms with Crippen molar-refractivity contribution >= 4 is 17.6 Å². The van der Waals surface area contributed by atoms with E-state index in [1.807, 2.05) is 36.1 Å².